The summed E-state index contributed by atoms with van der Waals surface area (Å²) in [5.74, 6) is 0.619. The lowest BCUT2D eigenvalue weighted by molar-refractivity contribution is 0.0954. The number of furan rings is 1. The predicted molar refractivity (Wildman–Crippen MR) is 97.3 cm³/mol. The van der Waals surface area contributed by atoms with Gasteiger partial charge in [-0.1, -0.05) is 29.3 Å². The standard InChI is InChI=1S/C18H12Cl2N2O3/c19-15-6-4-11(9-16(15)20)17-7-5-14(25-17)10-21-22-18(24)12-2-1-3-13(23)8-12/h1-10,23H,(H,22,24)/b21-10-. The Hall–Kier alpha value is -2.76. The van der Waals surface area contributed by atoms with Gasteiger partial charge in [0.25, 0.3) is 5.91 Å². The minimum Gasteiger partial charge on any atom is -0.508 e. The Kier molecular flexibility index (Phi) is 5.07. The molecule has 0 spiro atoms. The molecule has 0 unspecified atom stereocenters. The summed E-state index contributed by atoms with van der Waals surface area (Å²) in [5.41, 5.74) is 3.44. The molecule has 3 aromatic rings. The van der Waals surface area contributed by atoms with Crippen LogP contribution < -0.4 is 5.43 Å². The van der Waals surface area contributed by atoms with Crippen LogP contribution in [0.5, 0.6) is 5.75 Å². The monoisotopic (exact) mass is 374 g/mol. The van der Waals surface area contributed by atoms with Gasteiger partial charge in [0.05, 0.1) is 16.3 Å². The van der Waals surface area contributed by atoms with Gasteiger partial charge in [-0.2, -0.15) is 5.10 Å². The van der Waals surface area contributed by atoms with Crippen molar-refractivity contribution in [3.05, 3.63) is 76.0 Å². The van der Waals surface area contributed by atoms with Gasteiger partial charge in [0, 0.05) is 11.1 Å². The number of phenolic OH excluding ortho intramolecular Hbond substituents is 1. The smallest absolute Gasteiger partial charge is 0.271 e. The van der Waals surface area contributed by atoms with Crippen LogP contribution in [0.1, 0.15) is 16.1 Å². The van der Waals surface area contributed by atoms with Gasteiger partial charge in [0.15, 0.2) is 0 Å². The molecule has 25 heavy (non-hydrogen) atoms. The normalized spacial score (nSPS) is 11.0. The molecule has 0 fully saturated rings. The van der Waals surface area contributed by atoms with E-state index in [1.165, 1.54) is 18.3 Å². The zero-order valence-electron chi connectivity index (χ0n) is 12.7. The highest BCUT2D eigenvalue weighted by atomic mass is 35.5. The molecular weight excluding hydrogens is 363 g/mol. The lowest BCUT2D eigenvalue weighted by Crippen LogP contribution is -2.17. The number of benzene rings is 2. The fourth-order valence-electron chi connectivity index (χ4n) is 2.09. The summed E-state index contributed by atoms with van der Waals surface area (Å²) in [4.78, 5) is 11.9. The highest BCUT2D eigenvalue weighted by Gasteiger charge is 2.07. The number of aromatic hydroxyl groups is 1. The molecule has 1 heterocycles. The maximum absolute atomic E-state index is 11.9. The maximum atomic E-state index is 11.9. The minimum absolute atomic E-state index is 0.00827. The van der Waals surface area contributed by atoms with E-state index in [2.05, 4.69) is 10.5 Å². The molecule has 0 bridgehead atoms. The molecule has 0 radical (unpaired) electrons. The summed E-state index contributed by atoms with van der Waals surface area (Å²) in [5, 5.41) is 14.1. The molecule has 0 atom stereocenters. The van der Waals surface area contributed by atoms with Gasteiger partial charge in [-0.25, -0.2) is 5.43 Å². The van der Waals surface area contributed by atoms with Gasteiger partial charge in [-0.15, -0.1) is 0 Å². The first-order valence-corrected chi connectivity index (χ1v) is 7.96. The van der Waals surface area contributed by atoms with Crippen LogP contribution in [0.4, 0.5) is 0 Å². The van der Waals surface area contributed by atoms with E-state index in [1.54, 1.807) is 42.5 Å². The molecule has 0 saturated heterocycles. The summed E-state index contributed by atoms with van der Waals surface area (Å²) in [6.07, 6.45) is 1.38. The highest BCUT2D eigenvalue weighted by molar-refractivity contribution is 6.42. The first kappa shape index (κ1) is 17.1. The third kappa shape index (κ3) is 4.21. The van der Waals surface area contributed by atoms with Crippen LogP contribution in [0.3, 0.4) is 0 Å². The Bertz CT molecular complexity index is 951. The molecule has 2 N–H and O–H groups in total. The third-order valence-electron chi connectivity index (χ3n) is 3.30. The molecule has 7 heteroatoms. The van der Waals surface area contributed by atoms with Crippen molar-refractivity contribution in [1.82, 2.24) is 5.43 Å². The second-order valence-corrected chi connectivity index (χ2v) is 5.89. The molecular formula is C18H12Cl2N2O3. The number of hydrazone groups is 1. The topological polar surface area (TPSA) is 74.8 Å². The van der Waals surface area contributed by atoms with Crippen LogP contribution in [-0.4, -0.2) is 17.2 Å². The SMILES string of the molecule is O=C(N/N=C\c1ccc(-c2ccc(Cl)c(Cl)c2)o1)c1cccc(O)c1. The zero-order chi connectivity index (χ0) is 17.8. The van der Waals surface area contributed by atoms with E-state index in [9.17, 15) is 9.90 Å². The Morgan fingerprint density at radius 1 is 1.08 bits per heavy atom. The fraction of sp³-hybridized carbons (Fsp3) is 0. The predicted octanol–water partition coefficient (Wildman–Crippen LogP) is 4.72. The first-order valence-electron chi connectivity index (χ1n) is 7.20. The number of halogens is 2. The Balaban J connectivity index is 1.67. The molecule has 3 rings (SSSR count). The van der Waals surface area contributed by atoms with Crippen LogP contribution in [0.2, 0.25) is 10.0 Å². The highest BCUT2D eigenvalue weighted by Crippen LogP contribution is 2.29. The summed E-state index contributed by atoms with van der Waals surface area (Å²) in [7, 11) is 0. The maximum Gasteiger partial charge on any atom is 0.271 e. The first-order chi connectivity index (χ1) is 12.0. The average molecular weight is 375 g/mol. The number of carbonyl (C=O) groups excluding carboxylic acids is 1. The molecule has 0 saturated carbocycles. The molecule has 0 aliphatic rings. The van der Waals surface area contributed by atoms with Crippen molar-refractivity contribution in [1.29, 1.82) is 0 Å². The van der Waals surface area contributed by atoms with Gasteiger partial charge < -0.3 is 9.52 Å². The van der Waals surface area contributed by atoms with Crippen LogP contribution in [0, 0.1) is 0 Å². The lowest BCUT2D eigenvalue weighted by atomic mass is 10.2. The van der Waals surface area contributed by atoms with Crippen molar-refractivity contribution < 1.29 is 14.3 Å². The van der Waals surface area contributed by atoms with E-state index in [4.69, 9.17) is 27.6 Å². The summed E-state index contributed by atoms with van der Waals surface area (Å²) < 4.78 is 5.63. The molecule has 1 aromatic heterocycles. The van der Waals surface area contributed by atoms with E-state index < -0.39 is 5.91 Å². The number of carbonyl (C=O) groups is 1. The largest absolute Gasteiger partial charge is 0.508 e. The van der Waals surface area contributed by atoms with Crippen molar-refractivity contribution in [3.63, 3.8) is 0 Å². The molecule has 1 amide bonds. The van der Waals surface area contributed by atoms with E-state index in [0.717, 1.165) is 5.56 Å². The van der Waals surface area contributed by atoms with Crippen LogP contribution in [0.15, 0.2) is 64.1 Å². The van der Waals surface area contributed by atoms with Crippen molar-refractivity contribution in [2.75, 3.05) is 0 Å². The van der Waals surface area contributed by atoms with Crippen molar-refractivity contribution in [2.24, 2.45) is 5.10 Å². The van der Waals surface area contributed by atoms with Crippen molar-refractivity contribution >= 4 is 35.3 Å². The lowest BCUT2D eigenvalue weighted by Gasteiger charge is -2.00. The van der Waals surface area contributed by atoms with Gasteiger partial charge in [0.1, 0.15) is 17.3 Å². The Labute approximate surface area is 153 Å². The molecule has 0 aliphatic carbocycles. The number of nitrogens with one attached hydrogen (secondary N) is 1. The minimum atomic E-state index is -0.441. The van der Waals surface area contributed by atoms with Gasteiger partial charge in [0.2, 0.25) is 0 Å². The second-order valence-electron chi connectivity index (χ2n) is 5.08. The van der Waals surface area contributed by atoms with E-state index in [0.29, 0.717) is 27.1 Å². The average Bonchev–Trinajstić information content (AvgIpc) is 3.06. The van der Waals surface area contributed by atoms with Crippen molar-refractivity contribution in [2.45, 2.75) is 0 Å². The van der Waals surface area contributed by atoms with E-state index in [-0.39, 0.29) is 5.75 Å². The van der Waals surface area contributed by atoms with Gasteiger partial charge in [-0.05, 0) is 48.5 Å². The number of hydrogen-bond acceptors (Lipinski definition) is 4. The van der Waals surface area contributed by atoms with Crippen LogP contribution in [-0.2, 0) is 0 Å². The van der Waals surface area contributed by atoms with Gasteiger partial charge in [-0.3, -0.25) is 4.79 Å². The van der Waals surface area contributed by atoms with Gasteiger partial charge >= 0.3 is 0 Å². The Morgan fingerprint density at radius 3 is 2.68 bits per heavy atom. The Morgan fingerprint density at radius 2 is 1.92 bits per heavy atom. The second kappa shape index (κ2) is 7.42. The zero-order valence-corrected chi connectivity index (χ0v) is 14.3. The molecule has 2 aromatic carbocycles. The molecule has 5 nitrogen and oxygen atoms in total. The third-order valence-corrected chi connectivity index (χ3v) is 4.04. The summed E-state index contributed by atoms with van der Waals surface area (Å²) in [6, 6.07) is 14.6. The van der Waals surface area contributed by atoms with Crippen LogP contribution in [0.25, 0.3) is 11.3 Å². The summed E-state index contributed by atoms with van der Waals surface area (Å²) in [6.45, 7) is 0. The van der Waals surface area contributed by atoms with E-state index in [1.807, 2.05) is 0 Å². The van der Waals surface area contributed by atoms with Crippen LogP contribution >= 0.6 is 23.2 Å². The number of hydrogen-bond donors (Lipinski definition) is 2. The fourth-order valence-corrected chi connectivity index (χ4v) is 2.39. The van der Waals surface area contributed by atoms with Crippen molar-refractivity contribution in [3.8, 4) is 17.1 Å². The molecule has 126 valence electrons. The quantitative estimate of drug-likeness (QED) is 0.512. The number of amides is 1. The summed E-state index contributed by atoms with van der Waals surface area (Å²) >= 11 is 11.9. The van der Waals surface area contributed by atoms with E-state index >= 15 is 0 Å². The number of phenols is 1. The number of rotatable bonds is 4. The molecule has 0 aliphatic heterocycles. The number of nitrogens with zero attached hydrogens (tertiary/aromatic N) is 1.